The lowest BCUT2D eigenvalue weighted by molar-refractivity contribution is 0.306. The van der Waals surface area contributed by atoms with Gasteiger partial charge in [-0.25, -0.2) is 9.67 Å². The molecule has 3 heterocycles. The molecule has 1 atom stereocenters. The normalized spacial score (nSPS) is 20.5. The maximum atomic E-state index is 6.14. The van der Waals surface area contributed by atoms with Crippen molar-refractivity contribution in [3.63, 3.8) is 0 Å². The smallest absolute Gasteiger partial charge is 0.164 e. The molecule has 1 fully saturated rings. The topological polar surface area (TPSA) is 59.4 Å². The van der Waals surface area contributed by atoms with Crippen molar-refractivity contribution in [2.45, 2.75) is 25.3 Å². The van der Waals surface area contributed by atoms with Gasteiger partial charge < -0.3 is 10.6 Å². The SMILES string of the molecule is NC1CCCN(C2=Nc3c(-c4cccc(Cl)c4)cnn3C=CC2)C1. The zero-order chi connectivity index (χ0) is 16.5. The Morgan fingerprint density at radius 3 is 3.04 bits per heavy atom. The van der Waals surface area contributed by atoms with Gasteiger partial charge in [0.1, 0.15) is 5.84 Å². The summed E-state index contributed by atoms with van der Waals surface area (Å²) in [6, 6.07) is 8.02. The van der Waals surface area contributed by atoms with Crippen LogP contribution in [0.4, 0.5) is 5.82 Å². The summed E-state index contributed by atoms with van der Waals surface area (Å²) in [4.78, 5) is 7.25. The quantitative estimate of drug-likeness (QED) is 0.863. The van der Waals surface area contributed by atoms with Gasteiger partial charge in [-0.2, -0.15) is 5.10 Å². The summed E-state index contributed by atoms with van der Waals surface area (Å²) in [5.74, 6) is 1.91. The van der Waals surface area contributed by atoms with Gasteiger partial charge in [-0.15, -0.1) is 0 Å². The summed E-state index contributed by atoms with van der Waals surface area (Å²) in [5.41, 5.74) is 8.15. The number of hydrogen-bond donors (Lipinski definition) is 1. The first-order chi connectivity index (χ1) is 11.7. The first kappa shape index (κ1) is 15.4. The highest BCUT2D eigenvalue weighted by atomic mass is 35.5. The minimum absolute atomic E-state index is 0.228. The molecule has 6 heteroatoms. The maximum Gasteiger partial charge on any atom is 0.164 e. The second-order valence-electron chi connectivity index (χ2n) is 6.30. The predicted molar refractivity (Wildman–Crippen MR) is 98.5 cm³/mol. The highest BCUT2D eigenvalue weighted by Gasteiger charge is 2.22. The van der Waals surface area contributed by atoms with E-state index >= 15 is 0 Å². The molecule has 2 N–H and O–H groups in total. The molecular weight excluding hydrogens is 322 g/mol. The van der Waals surface area contributed by atoms with Crippen LogP contribution in [-0.4, -0.2) is 39.6 Å². The molecule has 1 unspecified atom stereocenters. The zero-order valence-corrected chi connectivity index (χ0v) is 14.2. The van der Waals surface area contributed by atoms with Crippen LogP contribution in [-0.2, 0) is 0 Å². The lowest BCUT2D eigenvalue weighted by atomic mass is 10.1. The van der Waals surface area contributed by atoms with Crippen molar-refractivity contribution in [3.8, 4) is 11.1 Å². The van der Waals surface area contributed by atoms with E-state index in [1.54, 1.807) is 0 Å². The van der Waals surface area contributed by atoms with E-state index in [0.717, 1.165) is 55.1 Å². The van der Waals surface area contributed by atoms with Gasteiger partial charge in [0.05, 0.1) is 6.20 Å². The summed E-state index contributed by atoms with van der Waals surface area (Å²) >= 11 is 6.14. The predicted octanol–water partition coefficient (Wildman–Crippen LogP) is 3.53. The number of likely N-dealkylation sites (tertiary alicyclic amines) is 1. The third-order valence-corrected chi connectivity index (χ3v) is 4.74. The minimum atomic E-state index is 0.228. The number of hydrogen-bond acceptors (Lipinski definition) is 4. The third kappa shape index (κ3) is 2.97. The molecule has 1 aromatic carbocycles. The number of aromatic nitrogens is 2. The van der Waals surface area contributed by atoms with Crippen molar-refractivity contribution in [3.05, 3.63) is 41.6 Å². The number of nitrogens with two attached hydrogens (primary N) is 1. The molecule has 2 aromatic rings. The van der Waals surface area contributed by atoms with Gasteiger partial charge in [0, 0.05) is 42.3 Å². The van der Waals surface area contributed by atoms with Gasteiger partial charge in [0.25, 0.3) is 0 Å². The summed E-state index contributed by atoms with van der Waals surface area (Å²) < 4.78 is 1.83. The molecule has 5 nitrogen and oxygen atoms in total. The average molecular weight is 342 g/mol. The summed E-state index contributed by atoms with van der Waals surface area (Å²) in [5, 5.41) is 5.16. The lowest BCUT2D eigenvalue weighted by Crippen LogP contribution is -2.45. The van der Waals surface area contributed by atoms with Crippen molar-refractivity contribution in [1.82, 2.24) is 14.7 Å². The van der Waals surface area contributed by atoms with E-state index in [-0.39, 0.29) is 6.04 Å². The van der Waals surface area contributed by atoms with Gasteiger partial charge in [-0.3, -0.25) is 0 Å². The van der Waals surface area contributed by atoms with Gasteiger partial charge >= 0.3 is 0 Å². The van der Waals surface area contributed by atoms with Crippen molar-refractivity contribution in [2.75, 3.05) is 13.1 Å². The van der Waals surface area contributed by atoms with Crippen LogP contribution in [0.5, 0.6) is 0 Å². The highest BCUT2D eigenvalue weighted by Crippen LogP contribution is 2.33. The molecule has 0 amide bonds. The first-order valence-corrected chi connectivity index (χ1v) is 8.67. The monoisotopic (exact) mass is 341 g/mol. The molecule has 1 aromatic heterocycles. The summed E-state index contributed by atoms with van der Waals surface area (Å²) in [6.07, 6.45) is 8.92. The van der Waals surface area contributed by atoms with Crippen molar-refractivity contribution < 1.29 is 0 Å². The molecular formula is C18H20ClN5. The van der Waals surface area contributed by atoms with Gasteiger partial charge in [0.2, 0.25) is 0 Å². The Hall–Kier alpha value is -2.11. The van der Waals surface area contributed by atoms with Crippen LogP contribution < -0.4 is 5.73 Å². The fraction of sp³-hybridized carbons (Fsp3) is 0.333. The molecule has 0 radical (unpaired) electrons. The fourth-order valence-electron chi connectivity index (χ4n) is 3.31. The number of amidine groups is 1. The molecule has 2 aliphatic rings. The Morgan fingerprint density at radius 1 is 1.29 bits per heavy atom. The Kier molecular flexibility index (Phi) is 4.12. The van der Waals surface area contributed by atoms with E-state index in [1.807, 2.05) is 41.3 Å². The van der Waals surface area contributed by atoms with Crippen LogP contribution >= 0.6 is 11.6 Å². The van der Waals surface area contributed by atoms with E-state index in [0.29, 0.717) is 5.02 Å². The molecule has 124 valence electrons. The summed E-state index contributed by atoms with van der Waals surface area (Å²) in [7, 11) is 0. The second-order valence-corrected chi connectivity index (χ2v) is 6.74. The minimum Gasteiger partial charge on any atom is -0.358 e. The molecule has 0 saturated carbocycles. The lowest BCUT2D eigenvalue weighted by Gasteiger charge is -2.32. The molecule has 0 bridgehead atoms. The standard InChI is InChI=1S/C18H20ClN5/c19-14-5-1-4-13(10-14)16-11-21-24-9-3-7-17(22-18(16)24)23-8-2-6-15(20)12-23/h1,3-5,9-11,15H,2,6-8,12,20H2. The van der Waals surface area contributed by atoms with Crippen molar-refractivity contribution in [2.24, 2.45) is 10.7 Å². The van der Waals surface area contributed by atoms with E-state index in [9.17, 15) is 0 Å². The van der Waals surface area contributed by atoms with Gasteiger partial charge in [-0.1, -0.05) is 29.8 Å². The molecule has 24 heavy (non-hydrogen) atoms. The molecule has 0 spiro atoms. The van der Waals surface area contributed by atoms with Gasteiger partial charge in [0.15, 0.2) is 5.82 Å². The average Bonchev–Trinajstić information content (AvgIpc) is 2.85. The third-order valence-electron chi connectivity index (χ3n) is 4.51. The molecule has 4 rings (SSSR count). The number of halogens is 1. The van der Waals surface area contributed by atoms with Crippen LogP contribution in [0.15, 0.2) is 41.5 Å². The fourth-order valence-corrected chi connectivity index (χ4v) is 3.50. The second kappa shape index (κ2) is 6.42. The maximum absolute atomic E-state index is 6.14. The van der Waals surface area contributed by atoms with Crippen LogP contribution in [0.3, 0.4) is 0 Å². The molecule has 1 saturated heterocycles. The number of aliphatic imine (C=N–C) groups is 1. The van der Waals surface area contributed by atoms with Crippen LogP contribution in [0.25, 0.3) is 17.3 Å². The molecule has 2 aliphatic heterocycles. The van der Waals surface area contributed by atoms with Crippen LogP contribution in [0.2, 0.25) is 5.02 Å². The van der Waals surface area contributed by atoms with Crippen LogP contribution in [0.1, 0.15) is 19.3 Å². The largest absolute Gasteiger partial charge is 0.358 e. The van der Waals surface area contributed by atoms with E-state index in [4.69, 9.17) is 22.3 Å². The van der Waals surface area contributed by atoms with Crippen molar-refractivity contribution in [1.29, 1.82) is 0 Å². The van der Waals surface area contributed by atoms with Crippen molar-refractivity contribution >= 4 is 29.5 Å². The molecule has 0 aliphatic carbocycles. The van der Waals surface area contributed by atoms with E-state index in [1.165, 1.54) is 0 Å². The van der Waals surface area contributed by atoms with E-state index in [2.05, 4.69) is 16.1 Å². The Balaban J connectivity index is 1.74. The summed E-state index contributed by atoms with van der Waals surface area (Å²) in [6.45, 7) is 1.88. The Labute approximate surface area is 146 Å². The number of piperidine rings is 1. The Bertz CT molecular complexity index is 807. The Morgan fingerprint density at radius 2 is 2.21 bits per heavy atom. The number of fused-ring (bicyclic) bond motifs is 1. The van der Waals surface area contributed by atoms with Gasteiger partial charge in [-0.05, 0) is 30.5 Å². The first-order valence-electron chi connectivity index (χ1n) is 8.29. The number of benzene rings is 1. The van der Waals surface area contributed by atoms with Crippen LogP contribution in [0, 0.1) is 0 Å². The van der Waals surface area contributed by atoms with E-state index < -0.39 is 0 Å². The highest BCUT2D eigenvalue weighted by molar-refractivity contribution is 6.30. The zero-order valence-electron chi connectivity index (χ0n) is 13.4. The number of rotatable bonds is 1. The number of nitrogens with zero attached hydrogens (tertiary/aromatic N) is 4.